The highest BCUT2D eigenvalue weighted by Crippen LogP contribution is 2.23. The first kappa shape index (κ1) is 13.4. The van der Waals surface area contributed by atoms with Gasteiger partial charge in [0.05, 0.1) is 19.3 Å². The summed E-state index contributed by atoms with van der Waals surface area (Å²) in [7, 11) is 1.40. The molecule has 0 saturated carbocycles. The van der Waals surface area contributed by atoms with Gasteiger partial charge in [0.15, 0.2) is 0 Å². The first-order valence-electron chi connectivity index (χ1n) is 6.46. The normalized spacial score (nSPS) is 17.3. The number of ether oxygens (including phenoxy) is 2. The summed E-state index contributed by atoms with van der Waals surface area (Å²) in [6, 6.07) is 9.99. The van der Waals surface area contributed by atoms with Gasteiger partial charge in [0.1, 0.15) is 5.76 Å². The highest BCUT2D eigenvalue weighted by molar-refractivity contribution is 5.89. The molecule has 2 rings (SSSR count). The lowest BCUT2D eigenvalue weighted by atomic mass is 10.1. The first-order chi connectivity index (χ1) is 9.31. The maximum Gasteiger partial charge on any atom is 0.337 e. The van der Waals surface area contributed by atoms with Crippen molar-refractivity contribution < 1.29 is 14.3 Å². The molecule has 3 nitrogen and oxygen atoms in total. The molecular formula is C16H18O3. The molecule has 0 unspecified atom stereocenters. The zero-order chi connectivity index (χ0) is 13.5. The van der Waals surface area contributed by atoms with E-state index in [0.29, 0.717) is 18.6 Å². The van der Waals surface area contributed by atoms with Crippen LogP contribution in [0.3, 0.4) is 0 Å². The Kier molecular flexibility index (Phi) is 4.78. The van der Waals surface area contributed by atoms with Crippen molar-refractivity contribution >= 4 is 12.0 Å². The van der Waals surface area contributed by atoms with Crippen LogP contribution in [-0.4, -0.2) is 19.7 Å². The van der Waals surface area contributed by atoms with Gasteiger partial charge in [0.25, 0.3) is 0 Å². The Morgan fingerprint density at radius 1 is 1.37 bits per heavy atom. The highest BCUT2D eigenvalue weighted by atomic mass is 16.5. The average Bonchev–Trinajstić information content (AvgIpc) is 2.98. The number of allylic oxidation sites excluding steroid dienone is 2. The van der Waals surface area contributed by atoms with Gasteiger partial charge >= 0.3 is 5.97 Å². The minimum Gasteiger partial charge on any atom is -0.497 e. The molecule has 0 atom stereocenters. The average molecular weight is 258 g/mol. The van der Waals surface area contributed by atoms with Gasteiger partial charge in [0, 0.05) is 12.8 Å². The molecule has 3 heteroatoms. The lowest BCUT2D eigenvalue weighted by Gasteiger charge is -2.06. The predicted octanol–water partition coefficient (Wildman–Crippen LogP) is 3.33. The maximum atomic E-state index is 11.7. The quantitative estimate of drug-likeness (QED) is 0.614. The third-order valence-corrected chi connectivity index (χ3v) is 3.02. The smallest absolute Gasteiger partial charge is 0.337 e. The molecule has 0 radical (unpaired) electrons. The van der Waals surface area contributed by atoms with Crippen LogP contribution in [0.5, 0.6) is 0 Å². The fraction of sp³-hybridized carbons (Fsp3) is 0.312. The van der Waals surface area contributed by atoms with E-state index in [1.807, 2.05) is 42.5 Å². The Morgan fingerprint density at radius 3 is 2.79 bits per heavy atom. The van der Waals surface area contributed by atoms with E-state index < -0.39 is 0 Å². The lowest BCUT2D eigenvalue weighted by molar-refractivity contribution is -0.136. The Labute approximate surface area is 113 Å². The summed E-state index contributed by atoms with van der Waals surface area (Å²) >= 11 is 0. The SMILES string of the molecule is COC(=O)/C(C/C=C/c1ccccc1)=C1\CCCO1. The zero-order valence-electron chi connectivity index (χ0n) is 11.1. The molecule has 100 valence electrons. The molecule has 0 aromatic heterocycles. The van der Waals surface area contributed by atoms with Crippen LogP contribution in [0.15, 0.2) is 47.7 Å². The van der Waals surface area contributed by atoms with Crippen molar-refractivity contribution in [1.29, 1.82) is 0 Å². The first-order valence-corrected chi connectivity index (χ1v) is 6.46. The van der Waals surface area contributed by atoms with Crippen molar-refractivity contribution in [3.8, 4) is 0 Å². The van der Waals surface area contributed by atoms with Gasteiger partial charge in [-0.3, -0.25) is 0 Å². The molecule has 0 aliphatic carbocycles. The molecule has 1 aromatic rings. The summed E-state index contributed by atoms with van der Waals surface area (Å²) < 4.78 is 10.3. The number of carbonyl (C=O) groups excluding carboxylic acids is 1. The molecule has 1 fully saturated rings. The van der Waals surface area contributed by atoms with Crippen LogP contribution >= 0.6 is 0 Å². The topological polar surface area (TPSA) is 35.5 Å². The van der Waals surface area contributed by atoms with Crippen LogP contribution in [-0.2, 0) is 14.3 Å². The summed E-state index contributed by atoms with van der Waals surface area (Å²) in [6.07, 6.45) is 6.30. The number of hydrogen-bond donors (Lipinski definition) is 0. The van der Waals surface area contributed by atoms with Crippen molar-refractivity contribution in [3.05, 3.63) is 53.3 Å². The van der Waals surface area contributed by atoms with Crippen molar-refractivity contribution in [2.75, 3.05) is 13.7 Å². The molecule has 0 amide bonds. The second-order valence-electron chi connectivity index (χ2n) is 4.36. The maximum absolute atomic E-state index is 11.7. The van der Waals surface area contributed by atoms with Crippen LogP contribution in [0.1, 0.15) is 24.8 Å². The summed E-state index contributed by atoms with van der Waals surface area (Å²) in [4.78, 5) is 11.7. The van der Waals surface area contributed by atoms with Crippen molar-refractivity contribution in [2.45, 2.75) is 19.3 Å². The Bertz CT molecular complexity index is 478. The summed E-state index contributed by atoms with van der Waals surface area (Å²) in [5.41, 5.74) is 1.75. The fourth-order valence-corrected chi connectivity index (χ4v) is 2.05. The monoisotopic (exact) mass is 258 g/mol. The van der Waals surface area contributed by atoms with Gasteiger partial charge in [0.2, 0.25) is 0 Å². The van der Waals surface area contributed by atoms with E-state index in [9.17, 15) is 4.79 Å². The van der Waals surface area contributed by atoms with E-state index in [4.69, 9.17) is 9.47 Å². The van der Waals surface area contributed by atoms with E-state index in [-0.39, 0.29) is 5.97 Å². The number of carbonyl (C=O) groups is 1. The minimum absolute atomic E-state index is 0.297. The van der Waals surface area contributed by atoms with Gasteiger partial charge < -0.3 is 9.47 Å². The van der Waals surface area contributed by atoms with Gasteiger partial charge in [-0.25, -0.2) is 4.79 Å². The van der Waals surface area contributed by atoms with Crippen LogP contribution < -0.4 is 0 Å². The Balaban J connectivity index is 2.07. The second kappa shape index (κ2) is 6.78. The van der Waals surface area contributed by atoms with E-state index in [0.717, 1.165) is 24.2 Å². The fourth-order valence-electron chi connectivity index (χ4n) is 2.05. The zero-order valence-corrected chi connectivity index (χ0v) is 11.1. The third-order valence-electron chi connectivity index (χ3n) is 3.02. The van der Waals surface area contributed by atoms with Crippen LogP contribution in [0.2, 0.25) is 0 Å². The molecule has 1 heterocycles. The summed E-state index contributed by atoms with van der Waals surface area (Å²) in [5, 5.41) is 0. The third kappa shape index (κ3) is 3.71. The molecule has 0 bridgehead atoms. The molecule has 1 aromatic carbocycles. The highest BCUT2D eigenvalue weighted by Gasteiger charge is 2.19. The predicted molar refractivity (Wildman–Crippen MR) is 74.3 cm³/mol. The van der Waals surface area contributed by atoms with E-state index in [1.54, 1.807) is 0 Å². The van der Waals surface area contributed by atoms with Gasteiger partial charge in [-0.15, -0.1) is 0 Å². The van der Waals surface area contributed by atoms with Crippen LogP contribution in [0, 0.1) is 0 Å². The lowest BCUT2D eigenvalue weighted by Crippen LogP contribution is -2.07. The van der Waals surface area contributed by atoms with Gasteiger partial charge in [-0.05, 0) is 12.0 Å². The van der Waals surface area contributed by atoms with Crippen molar-refractivity contribution in [1.82, 2.24) is 0 Å². The second-order valence-corrected chi connectivity index (χ2v) is 4.36. The Hall–Kier alpha value is -2.03. The molecule has 1 aliphatic heterocycles. The minimum atomic E-state index is -0.297. The number of esters is 1. The summed E-state index contributed by atoms with van der Waals surface area (Å²) in [6.45, 7) is 0.693. The van der Waals surface area contributed by atoms with E-state index in [2.05, 4.69) is 0 Å². The van der Waals surface area contributed by atoms with Gasteiger partial charge in [-0.2, -0.15) is 0 Å². The molecule has 1 aliphatic rings. The number of benzene rings is 1. The van der Waals surface area contributed by atoms with Crippen LogP contribution in [0.4, 0.5) is 0 Å². The largest absolute Gasteiger partial charge is 0.497 e. The van der Waals surface area contributed by atoms with E-state index >= 15 is 0 Å². The molecule has 0 spiro atoms. The van der Waals surface area contributed by atoms with Crippen molar-refractivity contribution in [3.63, 3.8) is 0 Å². The molecular weight excluding hydrogens is 240 g/mol. The van der Waals surface area contributed by atoms with E-state index in [1.165, 1.54) is 7.11 Å². The molecule has 0 N–H and O–H groups in total. The van der Waals surface area contributed by atoms with Crippen molar-refractivity contribution in [2.24, 2.45) is 0 Å². The molecule has 19 heavy (non-hydrogen) atoms. The number of methoxy groups -OCH3 is 1. The number of hydrogen-bond acceptors (Lipinski definition) is 3. The standard InChI is InChI=1S/C16H18O3/c1-18-16(17)14(15-11-6-12-19-15)10-5-9-13-7-3-2-4-8-13/h2-5,7-9H,6,10-12H2,1H3/b9-5+,15-14+. The Morgan fingerprint density at radius 2 is 2.16 bits per heavy atom. The number of rotatable bonds is 4. The molecule has 1 saturated heterocycles. The van der Waals surface area contributed by atoms with Crippen LogP contribution in [0.25, 0.3) is 6.08 Å². The van der Waals surface area contributed by atoms with Gasteiger partial charge in [-0.1, -0.05) is 42.5 Å². The summed E-state index contributed by atoms with van der Waals surface area (Å²) in [5.74, 6) is 0.485.